The summed E-state index contributed by atoms with van der Waals surface area (Å²) in [5.74, 6) is -0.809. The third-order valence-corrected chi connectivity index (χ3v) is 5.49. The first kappa shape index (κ1) is 15.9. The van der Waals surface area contributed by atoms with Crippen LogP contribution in [0.3, 0.4) is 0 Å². The Balaban J connectivity index is 1.45. The van der Waals surface area contributed by atoms with Gasteiger partial charge in [-0.25, -0.2) is 0 Å². The van der Waals surface area contributed by atoms with Gasteiger partial charge in [0.15, 0.2) is 0 Å². The number of carbonyl (C=O) groups is 3. The smallest absolute Gasteiger partial charge is 0.240 e. The molecule has 1 aliphatic heterocycles. The van der Waals surface area contributed by atoms with Gasteiger partial charge in [-0.3, -0.25) is 19.3 Å². The van der Waals surface area contributed by atoms with Crippen molar-refractivity contribution in [1.82, 2.24) is 10.2 Å². The molecule has 0 bridgehead atoms. The fourth-order valence-corrected chi connectivity index (χ4v) is 4.13. The van der Waals surface area contributed by atoms with Crippen LogP contribution in [0.15, 0.2) is 29.0 Å². The number of amides is 3. The van der Waals surface area contributed by atoms with Crippen LogP contribution in [-0.4, -0.2) is 35.7 Å². The number of likely N-dealkylation sites (tertiary alicyclic amines) is 1. The number of imide groups is 1. The lowest BCUT2D eigenvalue weighted by Crippen LogP contribution is -2.40. The van der Waals surface area contributed by atoms with Crippen LogP contribution in [0.5, 0.6) is 0 Å². The fraction of sp³-hybridized carbons (Fsp3) is 0.312. The standard InChI is InChI=1S/C16H16N2O3S2/c19-14(9-18-15(20)3-4-16(18)21)17-7-5-12-1-2-13(23-12)11-6-8-22-10-11/h1-2,6,8,10H,3-5,7,9H2,(H,17,19). The Morgan fingerprint density at radius 2 is 1.96 bits per heavy atom. The van der Waals surface area contributed by atoms with E-state index in [1.165, 1.54) is 15.3 Å². The first-order valence-electron chi connectivity index (χ1n) is 7.34. The Morgan fingerprint density at radius 3 is 2.65 bits per heavy atom. The summed E-state index contributed by atoms with van der Waals surface area (Å²) < 4.78 is 0. The summed E-state index contributed by atoms with van der Waals surface area (Å²) in [6.07, 6.45) is 1.17. The summed E-state index contributed by atoms with van der Waals surface area (Å²) in [5, 5.41) is 6.93. The molecule has 2 aromatic rings. The molecule has 7 heteroatoms. The van der Waals surface area contributed by atoms with Crippen molar-refractivity contribution in [1.29, 1.82) is 0 Å². The molecule has 0 atom stereocenters. The zero-order chi connectivity index (χ0) is 16.2. The molecule has 0 saturated carbocycles. The van der Waals surface area contributed by atoms with E-state index in [9.17, 15) is 14.4 Å². The van der Waals surface area contributed by atoms with Crippen molar-refractivity contribution < 1.29 is 14.4 Å². The van der Waals surface area contributed by atoms with Gasteiger partial charge < -0.3 is 5.32 Å². The SMILES string of the molecule is O=C(CN1C(=O)CCC1=O)NCCc1ccc(-c2ccsc2)s1. The number of nitrogens with one attached hydrogen (secondary N) is 1. The molecule has 0 aliphatic carbocycles. The van der Waals surface area contributed by atoms with Crippen LogP contribution in [0.2, 0.25) is 0 Å². The van der Waals surface area contributed by atoms with E-state index in [4.69, 9.17) is 0 Å². The average Bonchev–Trinajstić information content (AvgIpc) is 3.25. The molecule has 3 heterocycles. The van der Waals surface area contributed by atoms with Crippen LogP contribution < -0.4 is 5.32 Å². The summed E-state index contributed by atoms with van der Waals surface area (Å²) in [4.78, 5) is 38.2. The number of hydrogen-bond donors (Lipinski definition) is 1. The largest absolute Gasteiger partial charge is 0.354 e. The minimum Gasteiger partial charge on any atom is -0.354 e. The third kappa shape index (κ3) is 3.86. The van der Waals surface area contributed by atoms with E-state index < -0.39 is 0 Å². The van der Waals surface area contributed by atoms with Gasteiger partial charge in [0.25, 0.3) is 0 Å². The number of nitrogens with zero attached hydrogens (tertiary/aromatic N) is 1. The van der Waals surface area contributed by atoms with Crippen molar-refractivity contribution in [3.8, 4) is 10.4 Å². The van der Waals surface area contributed by atoms with Crippen LogP contribution in [0.1, 0.15) is 17.7 Å². The molecule has 1 fully saturated rings. The van der Waals surface area contributed by atoms with E-state index in [0.717, 1.165) is 11.3 Å². The Bertz CT molecular complexity index is 706. The van der Waals surface area contributed by atoms with E-state index in [-0.39, 0.29) is 37.1 Å². The predicted molar refractivity (Wildman–Crippen MR) is 90.3 cm³/mol. The summed E-state index contributed by atoms with van der Waals surface area (Å²) in [5.41, 5.74) is 1.22. The van der Waals surface area contributed by atoms with Crippen LogP contribution in [0, 0.1) is 0 Å². The van der Waals surface area contributed by atoms with Crippen LogP contribution in [0.4, 0.5) is 0 Å². The molecule has 0 aromatic carbocycles. The summed E-state index contributed by atoms with van der Waals surface area (Å²) >= 11 is 3.38. The van der Waals surface area contributed by atoms with Gasteiger partial charge in [0.2, 0.25) is 17.7 Å². The summed E-state index contributed by atoms with van der Waals surface area (Å²) in [6.45, 7) is 0.334. The molecule has 5 nitrogen and oxygen atoms in total. The zero-order valence-corrected chi connectivity index (χ0v) is 14.0. The molecule has 3 amide bonds. The highest BCUT2D eigenvalue weighted by Crippen LogP contribution is 2.29. The second kappa shape index (κ2) is 7.06. The first-order valence-corrected chi connectivity index (χ1v) is 9.10. The topological polar surface area (TPSA) is 66.5 Å². The normalized spacial score (nSPS) is 14.5. The van der Waals surface area contributed by atoms with Gasteiger partial charge >= 0.3 is 0 Å². The second-order valence-corrected chi connectivity index (χ2v) is 7.20. The van der Waals surface area contributed by atoms with Crippen molar-refractivity contribution in [2.45, 2.75) is 19.3 Å². The van der Waals surface area contributed by atoms with Crippen LogP contribution in [0.25, 0.3) is 10.4 Å². The first-order chi connectivity index (χ1) is 11.1. The van der Waals surface area contributed by atoms with Crippen molar-refractivity contribution in [3.05, 3.63) is 33.8 Å². The quantitative estimate of drug-likeness (QED) is 0.815. The molecule has 120 valence electrons. The maximum Gasteiger partial charge on any atom is 0.240 e. The van der Waals surface area contributed by atoms with E-state index >= 15 is 0 Å². The molecule has 1 aliphatic rings. The Hall–Kier alpha value is -1.99. The number of rotatable bonds is 6. The van der Waals surface area contributed by atoms with Gasteiger partial charge in [-0.1, -0.05) is 0 Å². The molecule has 3 rings (SSSR count). The van der Waals surface area contributed by atoms with Crippen molar-refractivity contribution in [2.24, 2.45) is 0 Å². The van der Waals surface area contributed by atoms with E-state index in [1.54, 1.807) is 22.7 Å². The minimum absolute atomic E-state index is 0.164. The number of thiophene rings is 2. The molecular formula is C16H16N2O3S2. The molecule has 1 saturated heterocycles. The van der Waals surface area contributed by atoms with Gasteiger partial charge in [0.05, 0.1) is 0 Å². The number of carbonyl (C=O) groups excluding carboxylic acids is 3. The van der Waals surface area contributed by atoms with Gasteiger partial charge in [-0.15, -0.1) is 11.3 Å². The average molecular weight is 348 g/mol. The lowest BCUT2D eigenvalue weighted by Gasteiger charge is -2.13. The lowest BCUT2D eigenvalue weighted by molar-refractivity contribution is -0.142. The molecule has 0 radical (unpaired) electrons. The lowest BCUT2D eigenvalue weighted by atomic mass is 10.3. The summed E-state index contributed by atoms with van der Waals surface area (Å²) in [7, 11) is 0. The maximum atomic E-state index is 11.8. The molecule has 2 aromatic heterocycles. The van der Waals surface area contributed by atoms with Crippen molar-refractivity contribution >= 4 is 40.4 Å². The van der Waals surface area contributed by atoms with Crippen LogP contribution in [-0.2, 0) is 20.8 Å². The predicted octanol–water partition coefficient (Wildman–Crippen LogP) is 2.28. The van der Waals surface area contributed by atoms with Crippen molar-refractivity contribution in [3.63, 3.8) is 0 Å². The Labute approximate surface area is 141 Å². The highest BCUT2D eigenvalue weighted by atomic mass is 32.1. The highest BCUT2D eigenvalue weighted by molar-refractivity contribution is 7.16. The van der Waals surface area contributed by atoms with Gasteiger partial charge in [0.1, 0.15) is 6.54 Å². The molecular weight excluding hydrogens is 332 g/mol. The van der Waals surface area contributed by atoms with Gasteiger partial charge in [0, 0.05) is 34.7 Å². The van der Waals surface area contributed by atoms with E-state index in [0.29, 0.717) is 6.54 Å². The molecule has 1 N–H and O–H groups in total. The number of hydrogen-bond acceptors (Lipinski definition) is 5. The van der Waals surface area contributed by atoms with Gasteiger partial charge in [-0.05, 0) is 35.4 Å². The second-order valence-electron chi connectivity index (χ2n) is 5.25. The van der Waals surface area contributed by atoms with E-state index in [1.807, 2.05) is 0 Å². The maximum absolute atomic E-state index is 11.8. The highest BCUT2D eigenvalue weighted by Gasteiger charge is 2.30. The molecule has 0 spiro atoms. The summed E-state index contributed by atoms with van der Waals surface area (Å²) in [6, 6.07) is 6.24. The van der Waals surface area contributed by atoms with Crippen molar-refractivity contribution in [2.75, 3.05) is 13.1 Å². The Kier molecular flexibility index (Phi) is 4.88. The minimum atomic E-state index is -0.289. The van der Waals surface area contributed by atoms with Crippen LogP contribution >= 0.6 is 22.7 Å². The third-order valence-electron chi connectivity index (χ3n) is 3.62. The molecule has 23 heavy (non-hydrogen) atoms. The Morgan fingerprint density at radius 1 is 1.17 bits per heavy atom. The monoisotopic (exact) mass is 348 g/mol. The molecule has 0 unspecified atom stereocenters. The van der Waals surface area contributed by atoms with E-state index in [2.05, 4.69) is 34.3 Å². The fourth-order valence-electron chi connectivity index (χ4n) is 2.40. The zero-order valence-electron chi connectivity index (χ0n) is 12.4. The van der Waals surface area contributed by atoms with Gasteiger partial charge in [-0.2, -0.15) is 11.3 Å².